The van der Waals surface area contributed by atoms with E-state index < -0.39 is 67.4 Å². The molecule has 8 atom stereocenters. The van der Waals surface area contributed by atoms with Crippen molar-refractivity contribution >= 4 is 11.9 Å². The number of allylic oxidation sites excluding steroid dienone is 19. The largest absolute Gasteiger partial charge is 0.454 e. The lowest BCUT2D eigenvalue weighted by atomic mass is 9.99. The number of rotatable bonds is 42. The summed E-state index contributed by atoms with van der Waals surface area (Å²) < 4.78 is 17.4. The first kappa shape index (κ1) is 64.1. The van der Waals surface area contributed by atoms with E-state index in [1.165, 1.54) is 64.2 Å². The Morgan fingerprint density at radius 3 is 1.67 bits per heavy atom. The highest BCUT2D eigenvalue weighted by Crippen LogP contribution is 2.26. The molecule has 0 aromatic rings. The average Bonchev–Trinajstić information content (AvgIpc) is 3.36. The average molecular weight is 978 g/mol. The number of carbonyl (C=O) groups is 2. The molecule has 70 heavy (non-hydrogen) atoms. The maximum Gasteiger partial charge on any atom is 0.306 e. The number of aliphatic hydroxyl groups is 5. The van der Waals surface area contributed by atoms with E-state index in [1.807, 2.05) is 72.9 Å². The molecule has 0 saturated carbocycles. The van der Waals surface area contributed by atoms with Crippen LogP contribution in [-0.2, 0) is 23.8 Å². The molecule has 0 aliphatic carbocycles. The Kier molecular flexibility index (Phi) is 42.2. The van der Waals surface area contributed by atoms with E-state index in [2.05, 4.69) is 68.6 Å². The van der Waals surface area contributed by atoms with E-state index in [4.69, 9.17) is 14.2 Å². The van der Waals surface area contributed by atoms with Gasteiger partial charge in [-0.1, -0.05) is 213 Å². The summed E-state index contributed by atoms with van der Waals surface area (Å²) in [5.74, 6) is -1.35. The van der Waals surface area contributed by atoms with Crippen molar-refractivity contribution in [3.8, 4) is 0 Å². The van der Waals surface area contributed by atoms with Crippen LogP contribution < -0.4 is 5.32 Å². The summed E-state index contributed by atoms with van der Waals surface area (Å²) in [5, 5.41) is 56.5. The van der Waals surface area contributed by atoms with Gasteiger partial charge in [0.2, 0.25) is 5.91 Å². The van der Waals surface area contributed by atoms with Gasteiger partial charge in [0.05, 0.1) is 25.4 Å². The lowest BCUT2D eigenvalue weighted by Crippen LogP contribution is -2.61. The van der Waals surface area contributed by atoms with Crippen LogP contribution >= 0.6 is 0 Å². The predicted octanol–water partition coefficient (Wildman–Crippen LogP) is 11.5. The summed E-state index contributed by atoms with van der Waals surface area (Å²) in [6.07, 6.45) is 52.7. The molecule has 0 aromatic carbocycles. The Hall–Kier alpha value is -3.94. The topological polar surface area (TPSA) is 175 Å². The lowest BCUT2D eigenvalue weighted by Gasteiger charge is -2.41. The third-order valence-corrected chi connectivity index (χ3v) is 11.7. The van der Waals surface area contributed by atoms with Gasteiger partial charge in [-0.15, -0.1) is 0 Å². The van der Waals surface area contributed by atoms with Crippen LogP contribution in [0.3, 0.4) is 0 Å². The highest BCUT2D eigenvalue weighted by Gasteiger charge is 2.47. The summed E-state index contributed by atoms with van der Waals surface area (Å²) in [4.78, 5) is 26.3. The number of aliphatic hydroxyl groups excluding tert-OH is 5. The van der Waals surface area contributed by atoms with Gasteiger partial charge in [0.15, 0.2) is 12.4 Å². The Morgan fingerprint density at radius 1 is 0.586 bits per heavy atom. The summed E-state index contributed by atoms with van der Waals surface area (Å²) in [5.41, 5.74) is 0. The molecule has 0 spiro atoms. The zero-order valence-electron chi connectivity index (χ0n) is 43.3. The maximum absolute atomic E-state index is 13.3. The molecule has 0 radical (unpaired) electrons. The molecule has 0 aromatic heterocycles. The van der Waals surface area contributed by atoms with E-state index in [-0.39, 0.29) is 19.4 Å². The first-order chi connectivity index (χ1) is 34.2. The summed E-state index contributed by atoms with van der Waals surface area (Å²) in [7, 11) is 0. The quantitative estimate of drug-likeness (QED) is 0.0149. The highest BCUT2D eigenvalue weighted by atomic mass is 16.7. The van der Waals surface area contributed by atoms with E-state index in [1.54, 1.807) is 6.08 Å². The lowest BCUT2D eigenvalue weighted by molar-refractivity contribution is -0.305. The van der Waals surface area contributed by atoms with E-state index >= 15 is 0 Å². The molecule has 11 heteroatoms. The number of nitrogens with one attached hydrogen (secondary N) is 1. The number of esters is 1. The van der Waals surface area contributed by atoms with Crippen LogP contribution in [0, 0.1) is 0 Å². The zero-order valence-corrected chi connectivity index (χ0v) is 43.3. The maximum atomic E-state index is 13.3. The summed E-state index contributed by atoms with van der Waals surface area (Å²) >= 11 is 0. The molecule has 1 fully saturated rings. The zero-order chi connectivity index (χ0) is 51.1. The van der Waals surface area contributed by atoms with Gasteiger partial charge in [-0.2, -0.15) is 0 Å². The fourth-order valence-corrected chi connectivity index (χ4v) is 7.43. The van der Waals surface area contributed by atoms with E-state index in [9.17, 15) is 35.1 Å². The Labute approximate surface area is 423 Å². The molecule has 1 aliphatic heterocycles. The number of hydrogen-bond donors (Lipinski definition) is 6. The van der Waals surface area contributed by atoms with Gasteiger partial charge in [0, 0.05) is 6.42 Å². The van der Waals surface area contributed by atoms with Crippen molar-refractivity contribution in [1.29, 1.82) is 0 Å². The van der Waals surface area contributed by atoms with Gasteiger partial charge in [-0.3, -0.25) is 9.59 Å². The van der Waals surface area contributed by atoms with Gasteiger partial charge in [0.1, 0.15) is 24.4 Å². The Balaban J connectivity index is 2.85. The van der Waals surface area contributed by atoms with Gasteiger partial charge < -0.3 is 45.1 Å². The van der Waals surface area contributed by atoms with Gasteiger partial charge in [0.25, 0.3) is 0 Å². The Morgan fingerprint density at radius 2 is 1.09 bits per heavy atom. The molecular weight excluding hydrogens is 883 g/mol. The number of unbranched alkanes of at least 4 members (excludes halogenated alkanes) is 14. The van der Waals surface area contributed by atoms with Gasteiger partial charge in [-0.05, 0) is 77.0 Å². The van der Waals surface area contributed by atoms with Crippen LogP contribution in [0.1, 0.15) is 175 Å². The third-order valence-electron chi connectivity index (χ3n) is 11.7. The monoisotopic (exact) mass is 978 g/mol. The molecule has 6 N–H and O–H groups in total. The predicted molar refractivity (Wildman–Crippen MR) is 287 cm³/mol. The van der Waals surface area contributed by atoms with Crippen LogP contribution in [0.4, 0.5) is 0 Å². The Bertz CT molecular complexity index is 1590. The first-order valence-electron chi connectivity index (χ1n) is 26.9. The number of carbonyl (C=O) groups excluding carboxylic acids is 2. The number of hydrogen-bond acceptors (Lipinski definition) is 10. The second kappa shape index (κ2) is 46.2. The standard InChI is InChI=1S/C59H95NO10/c1-4-7-10-13-16-19-22-25-26-27-28-29-32-35-38-41-44-47-54(64)70-57-56(66)55(65)53(48-61)69-59(57)68-49-50(51(62)45-42-39-36-33-30-23-20-17-14-11-8-5-2)60-58(67)52(63)46-43-40-37-34-31-24-21-18-15-12-9-6-3/h9,12,15-16,18-19,21,24-26,28-29,31,34-35,37-38,40,42,45,50-53,55-57,59,61-63,65-66H,4-8,10-11,13-14,17,20,22-23,27,30,32-33,36,39,41,43-44,46-49H2,1-3H3,(H,60,67)/b12-9+,18-15+,19-16-,24-21-,26-25-,29-28-,34-31-,38-35-,40-37+,45-42+. The van der Waals surface area contributed by atoms with Crippen LogP contribution in [-0.4, -0.2) is 99.6 Å². The minimum atomic E-state index is -1.65. The van der Waals surface area contributed by atoms with Crippen molar-refractivity contribution in [1.82, 2.24) is 5.32 Å². The smallest absolute Gasteiger partial charge is 0.306 e. The van der Waals surface area contributed by atoms with Gasteiger partial charge >= 0.3 is 5.97 Å². The van der Waals surface area contributed by atoms with Crippen molar-refractivity contribution < 1.29 is 49.3 Å². The molecule has 1 amide bonds. The highest BCUT2D eigenvalue weighted by molar-refractivity contribution is 5.80. The fourth-order valence-electron chi connectivity index (χ4n) is 7.43. The third kappa shape index (κ3) is 34.4. The molecular formula is C59H95NO10. The normalized spacial score (nSPS) is 20.7. The number of ether oxygens (including phenoxy) is 3. The van der Waals surface area contributed by atoms with Gasteiger partial charge in [-0.25, -0.2) is 0 Å². The fraction of sp³-hybridized carbons (Fsp3) is 0.627. The first-order valence-corrected chi connectivity index (χ1v) is 26.9. The molecule has 1 aliphatic rings. The molecule has 11 nitrogen and oxygen atoms in total. The number of amides is 1. The second-order valence-electron chi connectivity index (χ2n) is 18.0. The molecule has 1 heterocycles. The van der Waals surface area contributed by atoms with Crippen LogP contribution in [0.5, 0.6) is 0 Å². The minimum Gasteiger partial charge on any atom is -0.454 e. The van der Waals surface area contributed by atoms with Crippen LogP contribution in [0.2, 0.25) is 0 Å². The van der Waals surface area contributed by atoms with Crippen LogP contribution in [0.25, 0.3) is 0 Å². The second-order valence-corrected chi connectivity index (χ2v) is 18.0. The van der Waals surface area contributed by atoms with E-state index in [0.29, 0.717) is 19.3 Å². The van der Waals surface area contributed by atoms with Crippen molar-refractivity contribution in [2.75, 3.05) is 13.2 Å². The van der Waals surface area contributed by atoms with Crippen LogP contribution in [0.15, 0.2) is 122 Å². The minimum absolute atomic E-state index is 0.0317. The summed E-state index contributed by atoms with van der Waals surface area (Å²) in [6, 6.07) is -1.08. The summed E-state index contributed by atoms with van der Waals surface area (Å²) in [6.45, 7) is 5.49. The van der Waals surface area contributed by atoms with Crippen molar-refractivity contribution in [2.45, 2.75) is 224 Å². The molecule has 1 rings (SSSR count). The van der Waals surface area contributed by atoms with Crippen molar-refractivity contribution in [3.05, 3.63) is 122 Å². The SMILES string of the molecule is CC/C=C/C=C/C=C\C=C/C=C/CCC(O)C(=O)NC(COC1OC(CO)C(O)C(O)C1OC(=O)CCC/C=C\C/C=C\C/C=C\C/C=C\CCCCC)C(O)/C=C/CCCCCCCCCCCC. The molecule has 1 saturated heterocycles. The van der Waals surface area contributed by atoms with E-state index in [0.717, 1.165) is 57.8 Å². The molecule has 8 unspecified atom stereocenters. The van der Waals surface area contributed by atoms with Crippen molar-refractivity contribution in [3.63, 3.8) is 0 Å². The molecule has 0 bridgehead atoms. The molecule has 396 valence electrons. The van der Waals surface area contributed by atoms with Crippen molar-refractivity contribution in [2.24, 2.45) is 0 Å².